The lowest BCUT2D eigenvalue weighted by molar-refractivity contribution is 0.0935. The molecule has 0 aliphatic rings. The summed E-state index contributed by atoms with van der Waals surface area (Å²) in [7, 11) is 0. The number of carbonyl (C=O) groups excluding carboxylic acids is 1. The van der Waals surface area contributed by atoms with Gasteiger partial charge in [0.05, 0.1) is 0 Å². The summed E-state index contributed by atoms with van der Waals surface area (Å²) in [5, 5.41) is 3.00. The van der Waals surface area contributed by atoms with E-state index in [1.165, 1.54) is 5.56 Å². The molecule has 18 heavy (non-hydrogen) atoms. The zero-order valence-electron chi connectivity index (χ0n) is 11.6. The molecule has 0 aliphatic heterocycles. The van der Waals surface area contributed by atoms with Crippen LogP contribution in [0.4, 0.5) is 0 Å². The Balaban J connectivity index is 2.95. The van der Waals surface area contributed by atoms with Crippen LogP contribution < -0.4 is 5.32 Å². The van der Waals surface area contributed by atoms with Gasteiger partial charge in [-0.1, -0.05) is 24.6 Å². The fourth-order valence-corrected chi connectivity index (χ4v) is 2.24. The third kappa shape index (κ3) is 3.37. The molecule has 0 radical (unpaired) electrons. The van der Waals surface area contributed by atoms with Gasteiger partial charge >= 0.3 is 0 Å². The van der Waals surface area contributed by atoms with E-state index in [2.05, 4.69) is 11.2 Å². The third-order valence-electron chi connectivity index (χ3n) is 3.10. The second-order valence-electron chi connectivity index (χ2n) is 4.76. The first-order valence-corrected chi connectivity index (χ1v) is 6.31. The lowest BCUT2D eigenvalue weighted by Gasteiger charge is -2.17. The third-order valence-corrected chi connectivity index (χ3v) is 3.10. The topological polar surface area (TPSA) is 29.1 Å². The number of benzene rings is 1. The summed E-state index contributed by atoms with van der Waals surface area (Å²) in [6.07, 6.45) is 6.72. The molecule has 1 unspecified atom stereocenters. The van der Waals surface area contributed by atoms with Crippen LogP contribution in [0.5, 0.6) is 0 Å². The van der Waals surface area contributed by atoms with Crippen LogP contribution in [0.25, 0.3) is 0 Å². The van der Waals surface area contributed by atoms with E-state index in [0.29, 0.717) is 6.42 Å². The van der Waals surface area contributed by atoms with Crippen LogP contribution in [0.2, 0.25) is 0 Å². The standard InChI is InChI=1S/C16H21NO/c1-6-8-14(7-2)17-16(18)15-12(4)9-11(3)10-13(15)5/h1,9-10,14H,7-8H2,2-5H3,(H,17,18). The molecule has 2 heteroatoms. The normalized spacial score (nSPS) is 11.7. The van der Waals surface area contributed by atoms with Crippen molar-refractivity contribution in [3.8, 4) is 12.3 Å². The summed E-state index contributed by atoms with van der Waals surface area (Å²) in [6.45, 7) is 8.00. The highest BCUT2D eigenvalue weighted by molar-refractivity contribution is 5.97. The number of hydrogen-bond donors (Lipinski definition) is 1. The highest BCUT2D eigenvalue weighted by Gasteiger charge is 2.15. The number of carbonyl (C=O) groups is 1. The second kappa shape index (κ2) is 6.26. The zero-order valence-corrected chi connectivity index (χ0v) is 11.6. The molecule has 0 fully saturated rings. The van der Waals surface area contributed by atoms with E-state index in [4.69, 9.17) is 6.42 Å². The van der Waals surface area contributed by atoms with Gasteiger partial charge < -0.3 is 5.32 Å². The molecule has 96 valence electrons. The zero-order chi connectivity index (χ0) is 13.7. The van der Waals surface area contributed by atoms with Crippen LogP contribution in [-0.2, 0) is 0 Å². The van der Waals surface area contributed by atoms with Gasteiger partial charge in [0.25, 0.3) is 5.91 Å². The van der Waals surface area contributed by atoms with E-state index in [0.717, 1.165) is 23.1 Å². The number of nitrogens with one attached hydrogen (secondary N) is 1. The highest BCUT2D eigenvalue weighted by atomic mass is 16.1. The monoisotopic (exact) mass is 243 g/mol. The second-order valence-corrected chi connectivity index (χ2v) is 4.76. The van der Waals surface area contributed by atoms with E-state index in [1.807, 2.05) is 39.8 Å². The molecule has 1 aromatic carbocycles. The van der Waals surface area contributed by atoms with Crippen molar-refractivity contribution in [2.24, 2.45) is 0 Å². The van der Waals surface area contributed by atoms with Crippen LogP contribution in [-0.4, -0.2) is 11.9 Å². The number of terminal acetylenes is 1. The summed E-state index contributed by atoms with van der Waals surface area (Å²) >= 11 is 0. The lowest BCUT2D eigenvalue weighted by atomic mass is 9.98. The Morgan fingerprint density at radius 1 is 1.33 bits per heavy atom. The summed E-state index contributed by atoms with van der Waals surface area (Å²) in [5.41, 5.74) is 3.98. The van der Waals surface area contributed by atoms with Crippen molar-refractivity contribution in [2.45, 2.75) is 46.6 Å². The molecule has 1 amide bonds. The average molecular weight is 243 g/mol. The molecule has 1 aromatic rings. The van der Waals surface area contributed by atoms with Gasteiger partial charge in [0, 0.05) is 18.0 Å². The Bertz CT molecular complexity index is 459. The fraction of sp³-hybridized carbons (Fsp3) is 0.438. The van der Waals surface area contributed by atoms with Crippen molar-refractivity contribution in [1.29, 1.82) is 0 Å². The largest absolute Gasteiger partial charge is 0.348 e. The maximum absolute atomic E-state index is 12.3. The molecular weight excluding hydrogens is 222 g/mol. The lowest BCUT2D eigenvalue weighted by Crippen LogP contribution is -2.34. The van der Waals surface area contributed by atoms with Gasteiger partial charge in [-0.25, -0.2) is 0 Å². The Kier molecular flexibility index (Phi) is 4.97. The Labute approximate surface area is 110 Å². The van der Waals surface area contributed by atoms with E-state index in [1.54, 1.807) is 0 Å². The maximum atomic E-state index is 12.3. The number of hydrogen-bond acceptors (Lipinski definition) is 1. The number of aryl methyl sites for hydroxylation is 3. The molecular formula is C16H21NO. The van der Waals surface area contributed by atoms with Gasteiger partial charge in [-0.15, -0.1) is 12.3 Å². The quantitative estimate of drug-likeness (QED) is 0.809. The van der Waals surface area contributed by atoms with Crippen molar-refractivity contribution in [3.05, 3.63) is 34.4 Å². The van der Waals surface area contributed by atoms with Gasteiger partial charge in [0.15, 0.2) is 0 Å². The predicted octanol–water partition coefficient (Wildman–Crippen LogP) is 3.14. The van der Waals surface area contributed by atoms with Crippen LogP contribution >= 0.6 is 0 Å². The summed E-state index contributed by atoms with van der Waals surface area (Å²) in [5.74, 6) is 2.58. The van der Waals surface area contributed by atoms with Gasteiger partial charge in [-0.05, 0) is 38.3 Å². The first-order chi connectivity index (χ1) is 8.49. The van der Waals surface area contributed by atoms with E-state index in [9.17, 15) is 4.79 Å². The number of rotatable bonds is 4. The Morgan fingerprint density at radius 2 is 1.89 bits per heavy atom. The van der Waals surface area contributed by atoms with Crippen LogP contribution in [0, 0.1) is 33.1 Å². The molecule has 0 heterocycles. The smallest absolute Gasteiger partial charge is 0.252 e. The minimum Gasteiger partial charge on any atom is -0.348 e. The Morgan fingerprint density at radius 3 is 2.33 bits per heavy atom. The van der Waals surface area contributed by atoms with Crippen molar-refractivity contribution in [2.75, 3.05) is 0 Å². The molecule has 0 saturated heterocycles. The van der Waals surface area contributed by atoms with Gasteiger partial charge in [-0.3, -0.25) is 4.79 Å². The van der Waals surface area contributed by atoms with Crippen LogP contribution in [0.1, 0.15) is 46.8 Å². The average Bonchev–Trinajstić information content (AvgIpc) is 2.26. The van der Waals surface area contributed by atoms with Crippen molar-refractivity contribution in [1.82, 2.24) is 5.32 Å². The molecule has 0 aromatic heterocycles. The molecule has 0 saturated carbocycles. The van der Waals surface area contributed by atoms with E-state index < -0.39 is 0 Å². The summed E-state index contributed by atoms with van der Waals surface area (Å²) in [4.78, 5) is 12.3. The van der Waals surface area contributed by atoms with Crippen LogP contribution in [0.3, 0.4) is 0 Å². The summed E-state index contributed by atoms with van der Waals surface area (Å²) in [6, 6.07) is 4.12. The molecule has 0 aliphatic carbocycles. The number of amides is 1. The maximum Gasteiger partial charge on any atom is 0.252 e. The fourth-order valence-electron chi connectivity index (χ4n) is 2.24. The molecule has 0 bridgehead atoms. The first-order valence-electron chi connectivity index (χ1n) is 6.31. The van der Waals surface area contributed by atoms with Crippen molar-refractivity contribution < 1.29 is 4.79 Å². The van der Waals surface area contributed by atoms with Crippen molar-refractivity contribution in [3.63, 3.8) is 0 Å². The highest BCUT2D eigenvalue weighted by Crippen LogP contribution is 2.16. The predicted molar refractivity (Wildman–Crippen MR) is 75.6 cm³/mol. The summed E-state index contributed by atoms with van der Waals surface area (Å²) < 4.78 is 0. The van der Waals surface area contributed by atoms with E-state index in [-0.39, 0.29) is 11.9 Å². The molecule has 1 N–H and O–H groups in total. The van der Waals surface area contributed by atoms with Gasteiger partial charge in [0.2, 0.25) is 0 Å². The molecule has 0 spiro atoms. The molecule has 2 nitrogen and oxygen atoms in total. The van der Waals surface area contributed by atoms with Crippen LogP contribution in [0.15, 0.2) is 12.1 Å². The van der Waals surface area contributed by atoms with E-state index >= 15 is 0 Å². The minimum atomic E-state index is -0.0212. The van der Waals surface area contributed by atoms with Crippen molar-refractivity contribution >= 4 is 5.91 Å². The minimum absolute atomic E-state index is 0.0212. The molecule has 1 rings (SSSR count). The first kappa shape index (κ1) is 14.3. The van der Waals surface area contributed by atoms with Gasteiger partial charge in [0.1, 0.15) is 0 Å². The van der Waals surface area contributed by atoms with Gasteiger partial charge in [-0.2, -0.15) is 0 Å². The SMILES string of the molecule is C#CCC(CC)NC(=O)c1c(C)cc(C)cc1C. The molecule has 1 atom stereocenters. The Hall–Kier alpha value is -1.75.